The number of carbonyl (C=O) groups is 1. The van der Waals surface area contributed by atoms with Crippen LogP contribution in [-0.4, -0.2) is 36.1 Å². The third kappa shape index (κ3) is 3.46. The minimum atomic E-state index is -0.501. The largest absolute Gasteiger partial charge is 0.469 e. The molecule has 1 fully saturated rings. The maximum atomic E-state index is 12.0. The summed E-state index contributed by atoms with van der Waals surface area (Å²) in [6, 6.07) is 1.78. The van der Waals surface area contributed by atoms with E-state index in [1.54, 1.807) is 6.07 Å². The summed E-state index contributed by atoms with van der Waals surface area (Å²) in [5, 5.41) is 0.451. The van der Waals surface area contributed by atoms with Crippen LogP contribution in [0.15, 0.2) is 6.07 Å². The number of nitrogens with zero attached hydrogens (tertiary/aromatic N) is 3. The van der Waals surface area contributed by atoms with Gasteiger partial charge in [-0.1, -0.05) is 11.6 Å². The monoisotopic (exact) mass is 311 g/mol. The molecule has 1 atom stereocenters. The third-order valence-corrected chi connectivity index (χ3v) is 4.46. The lowest BCUT2D eigenvalue weighted by atomic mass is 9.74. The SMILES string of the molecule is COC(=O)C(C)(C)C1CCCN(c2cc(Cl)nc(C)n2)C1. The summed E-state index contributed by atoms with van der Waals surface area (Å²) in [5.74, 6) is 1.56. The van der Waals surface area contributed by atoms with Crippen molar-refractivity contribution in [2.75, 3.05) is 25.1 Å². The van der Waals surface area contributed by atoms with Gasteiger partial charge in [0.2, 0.25) is 0 Å². The first-order valence-corrected chi connectivity index (χ1v) is 7.57. The third-order valence-electron chi connectivity index (χ3n) is 4.27. The molecule has 0 N–H and O–H groups in total. The summed E-state index contributed by atoms with van der Waals surface area (Å²) >= 11 is 6.02. The zero-order valence-corrected chi connectivity index (χ0v) is 13.8. The van der Waals surface area contributed by atoms with Crippen molar-refractivity contribution in [3.63, 3.8) is 0 Å². The summed E-state index contributed by atoms with van der Waals surface area (Å²) in [7, 11) is 1.44. The highest BCUT2D eigenvalue weighted by Gasteiger charge is 2.40. The molecule has 116 valence electrons. The van der Waals surface area contributed by atoms with Crippen LogP contribution in [-0.2, 0) is 9.53 Å². The van der Waals surface area contributed by atoms with Crippen molar-refractivity contribution in [1.82, 2.24) is 9.97 Å². The van der Waals surface area contributed by atoms with Crippen LogP contribution in [0.4, 0.5) is 5.82 Å². The Morgan fingerprint density at radius 2 is 2.19 bits per heavy atom. The normalized spacial score (nSPS) is 19.5. The Hall–Kier alpha value is -1.36. The van der Waals surface area contributed by atoms with Crippen LogP contribution in [0.25, 0.3) is 0 Å². The smallest absolute Gasteiger partial charge is 0.311 e. The van der Waals surface area contributed by atoms with Gasteiger partial charge in [-0.05, 0) is 39.5 Å². The lowest BCUT2D eigenvalue weighted by Gasteiger charge is -2.40. The van der Waals surface area contributed by atoms with Gasteiger partial charge in [0.1, 0.15) is 16.8 Å². The number of methoxy groups -OCH3 is 1. The Kier molecular flexibility index (Phi) is 4.71. The van der Waals surface area contributed by atoms with E-state index in [9.17, 15) is 4.79 Å². The first-order valence-electron chi connectivity index (χ1n) is 7.19. The van der Waals surface area contributed by atoms with E-state index >= 15 is 0 Å². The van der Waals surface area contributed by atoms with Crippen molar-refractivity contribution < 1.29 is 9.53 Å². The number of piperidine rings is 1. The van der Waals surface area contributed by atoms with Crippen LogP contribution in [0.5, 0.6) is 0 Å². The van der Waals surface area contributed by atoms with Gasteiger partial charge >= 0.3 is 5.97 Å². The zero-order chi connectivity index (χ0) is 15.6. The maximum absolute atomic E-state index is 12.0. The zero-order valence-electron chi connectivity index (χ0n) is 13.0. The van der Waals surface area contributed by atoms with Crippen LogP contribution in [0, 0.1) is 18.3 Å². The van der Waals surface area contributed by atoms with Crippen LogP contribution in [0.3, 0.4) is 0 Å². The minimum absolute atomic E-state index is 0.161. The number of hydrogen-bond acceptors (Lipinski definition) is 5. The molecule has 1 aromatic rings. The van der Waals surface area contributed by atoms with Gasteiger partial charge in [0.25, 0.3) is 0 Å². The van der Waals surface area contributed by atoms with Crippen molar-refractivity contribution in [2.45, 2.75) is 33.6 Å². The Morgan fingerprint density at radius 3 is 2.81 bits per heavy atom. The van der Waals surface area contributed by atoms with Crippen LogP contribution < -0.4 is 4.90 Å². The molecule has 0 bridgehead atoms. The molecule has 21 heavy (non-hydrogen) atoms. The lowest BCUT2D eigenvalue weighted by Crippen LogP contribution is -2.45. The van der Waals surface area contributed by atoms with Gasteiger partial charge in [-0.2, -0.15) is 0 Å². The number of rotatable bonds is 3. The fraction of sp³-hybridized carbons (Fsp3) is 0.667. The maximum Gasteiger partial charge on any atom is 0.311 e. The lowest BCUT2D eigenvalue weighted by molar-refractivity contribution is -0.154. The second-order valence-corrected chi connectivity index (χ2v) is 6.48. The van der Waals surface area contributed by atoms with Crippen LogP contribution in [0.1, 0.15) is 32.5 Å². The molecule has 0 amide bonds. The second-order valence-electron chi connectivity index (χ2n) is 6.09. The molecule has 1 saturated heterocycles. The molecule has 0 aliphatic carbocycles. The van der Waals surface area contributed by atoms with Crippen molar-refractivity contribution in [1.29, 1.82) is 0 Å². The van der Waals surface area contributed by atoms with Gasteiger partial charge in [-0.3, -0.25) is 4.79 Å². The predicted molar refractivity (Wildman–Crippen MR) is 82.5 cm³/mol. The standard InChI is InChI=1S/C15H22ClN3O2/c1-10-17-12(16)8-13(18-10)19-7-5-6-11(9-19)15(2,3)14(20)21-4/h8,11H,5-7,9H2,1-4H3. The minimum Gasteiger partial charge on any atom is -0.469 e. The van der Waals surface area contributed by atoms with E-state index in [2.05, 4.69) is 14.9 Å². The molecule has 5 nitrogen and oxygen atoms in total. The summed E-state index contributed by atoms with van der Waals surface area (Å²) in [6.07, 6.45) is 2.03. The molecule has 1 aliphatic rings. The topological polar surface area (TPSA) is 55.3 Å². The molecule has 0 saturated carbocycles. The quantitative estimate of drug-likeness (QED) is 0.634. The highest BCUT2D eigenvalue weighted by Crippen LogP contribution is 2.36. The molecule has 1 unspecified atom stereocenters. The van der Waals surface area contributed by atoms with Gasteiger partial charge < -0.3 is 9.64 Å². The molecule has 0 aromatic carbocycles. The van der Waals surface area contributed by atoms with E-state index in [0.717, 1.165) is 31.7 Å². The van der Waals surface area contributed by atoms with Gasteiger partial charge in [0, 0.05) is 19.2 Å². The van der Waals surface area contributed by atoms with Crippen LogP contribution >= 0.6 is 11.6 Å². The van der Waals surface area contributed by atoms with E-state index < -0.39 is 5.41 Å². The first-order chi connectivity index (χ1) is 9.84. The number of aryl methyl sites for hydroxylation is 1. The average Bonchev–Trinajstić information content (AvgIpc) is 2.45. The van der Waals surface area contributed by atoms with E-state index in [-0.39, 0.29) is 11.9 Å². The summed E-state index contributed by atoms with van der Waals surface area (Å²) in [5.41, 5.74) is -0.501. The average molecular weight is 312 g/mol. The van der Waals surface area contributed by atoms with Gasteiger partial charge in [-0.25, -0.2) is 9.97 Å². The Labute approximate surface area is 130 Å². The number of anilines is 1. The van der Waals surface area contributed by atoms with Gasteiger partial charge in [-0.15, -0.1) is 0 Å². The number of halogens is 1. The first kappa shape index (κ1) is 16.0. The number of carbonyl (C=O) groups excluding carboxylic acids is 1. The molecule has 0 radical (unpaired) electrons. The summed E-state index contributed by atoms with van der Waals surface area (Å²) in [4.78, 5) is 22.7. The van der Waals surface area contributed by atoms with E-state index in [0.29, 0.717) is 11.0 Å². The number of esters is 1. The molecule has 2 heterocycles. The van der Waals surface area contributed by atoms with E-state index in [4.69, 9.17) is 16.3 Å². The summed E-state index contributed by atoms with van der Waals surface area (Å²) in [6.45, 7) is 7.42. The van der Waals surface area contributed by atoms with Crippen molar-refractivity contribution in [3.05, 3.63) is 17.0 Å². The van der Waals surface area contributed by atoms with Crippen molar-refractivity contribution in [3.8, 4) is 0 Å². The Balaban J connectivity index is 2.19. The molecular formula is C15H22ClN3O2. The number of hydrogen-bond donors (Lipinski definition) is 0. The molecule has 1 aromatic heterocycles. The fourth-order valence-corrected chi connectivity index (χ4v) is 3.10. The van der Waals surface area contributed by atoms with Crippen molar-refractivity contribution in [2.24, 2.45) is 11.3 Å². The molecule has 1 aliphatic heterocycles. The summed E-state index contributed by atoms with van der Waals surface area (Å²) < 4.78 is 4.94. The van der Waals surface area contributed by atoms with Gasteiger partial charge in [0.15, 0.2) is 0 Å². The van der Waals surface area contributed by atoms with E-state index in [1.807, 2.05) is 20.8 Å². The highest BCUT2D eigenvalue weighted by atomic mass is 35.5. The van der Waals surface area contributed by atoms with Crippen molar-refractivity contribution >= 4 is 23.4 Å². The van der Waals surface area contributed by atoms with Crippen LogP contribution in [0.2, 0.25) is 5.15 Å². The van der Waals surface area contributed by atoms with Gasteiger partial charge in [0.05, 0.1) is 12.5 Å². The highest BCUT2D eigenvalue weighted by molar-refractivity contribution is 6.29. The second kappa shape index (κ2) is 6.18. The fourth-order valence-electron chi connectivity index (χ4n) is 2.88. The molecule has 2 rings (SSSR count). The Bertz CT molecular complexity index is 513. The molecule has 0 spiro atoms. The Morgan fingerprint density at radius 1 is 1.48 bits per heavy atom. The predicted octanol–water partition coefficient (Wildman–Crippen LogP) is 2.85. The number of aromatic nitrogens is 2. The number of ether oxygens (including phenoxy) is 1. The molecular weight excluding hydrogens is 290 g/mol. The van der Waals surface area contributed by atoms with E-state index in [1.165, 1.54) is 7.11 Å². The molecule has 6 heteroatoms.